The molecule has 0 amide bonds. The lowest BCUT2D eigenvalue weighted by Crippen LogP contribution is -2.46. The Morgan fingerprint density at radius 2 is 1.59 bits per heavy atom. The summed E-state index contributed by atoms with van der Waals surface area (Å²) < 4.78 is 35.4. The molecule has 216 valence electrons. The normalized spacial score (nSPS) is 15.2. The van der Waals surface area contributed by atoms with Crippen LogP contribution in [0.15, 0.2) is 90.8 Å². The van der Waals surface area contributed by atoms with E-state index in [1.54, 1.807) is 0 Å². The van der Waals surface area contributed by atoms with Gasteiger partial charge in [-0.05, 0) is 75.3 Å². The van der Waals surface area contributed by atoms with E-state index in [1.807, 2.05) is 31.2 Å². The fourth-order valence-electron chi connectivity index (χ4n) is 4.06. The molecule has 1 fully saturated rings. The maximum absolute atomic E-state index is 12.0. The molecule has 0 spiro atoms. The minimum absolute atomic E-state index is 0.255. The zero-order chi connectivity index (χ0) is 29.5. The summed E-state index contributed by atoms with van der Waals surface area (Å²) in [5, 5.41) is 7.98. The maximum Gasteiger partial charge on any atom is 0.279 e. The Kier molecular flexibility index (Phi) is 15.6. The Labute approximate surface area is 241 Å². The summed E-state index contributed by atoms with van der Waals surface area (Å²) in [6.45, 7) is 14.6. The van der Waals surface area contributed by atoms with E-state index in [0.717, 1.165) is 35.3 Å². The Balaban J connectivity index is 0.000000451. The predicted molar refractivity (Wildman–Crippen MR) is 166 cm³/mol. The van der Waals surface area contributed by atoms with E-state index in [4.69, 9.17) is 11.6 Å². The van der Waals surface area contributed by atoms with Crippen LogP contribution in [0, 0.1) is 0 Å². The molecule has 2 unspecified atom stereocenters. The van der Waals surface area contributed by atoms with Gasteiger partial charge in [-0.15, -0.1) is 6.58 Å². The summed E-state index contributed by atoms with van der Waals surface area (Å²) in [5.74, 6) is 0.880. The third-order valence-electron chi connectivity index (χ3n) is 6.54. The molecule has 0 saturated heterocycles. The van der Waals surface area contributed by atoms with Crippen molar-refractivity contribution in [2.24, 2.45) is 0 Å². The van der Waals surface area contributed by atoms with Gasteiger partial charge in [0.15, 0.2) is 0 Å². The predicted octanol–water partition coefficient (Wildman–Crippen LogP) is 9.73. The van der Waals surface area contributed by atoms with Crippen molar-refractivity contribution < 1.29 is 13.2 Å². The number of halogens is 4. The number of allylic oxidation sites excluding steroid dienone is 3. The van der Waals surface area contributed by atoms with Crippen molar-refractivity contribution >= 4 is 20.8 Å². The quantitative estimate of drug-likeness (QED) is 0.216. The molecule has 0 bridgehead atoms. The van der Waals surface area contributed by atoms with Gasteiger partial charge >= 0.3 is 0 Å². The Morgan fingerprint density at radius 1 is 1.05 bits per heavy atom. The largest absolute Gasteiger partial charge is 0.370 e. The van der Waals surface area contributed by atoms with Gasteiger partial charge in [0.05, 0.1) is 11.4 Å². The first kappa shape index (κ1) is 34.8. The zero-order valence-corrected chi connectivity index (χ0v) is 25.7. The molecule has 2 nitrogen and oxygen atoms in total. The lowest BCUT2D eigenvalue weighted by atomic mass is 9.85. The first-order chi connectivity index (χ1) is 18.3. The van der Waals surface area contributed by atoms with E-state index >= 15 is 0 Å². The molecule has 2 aromatic rings. The minimum Gasteiger partial charge on any atom is -0.370 e. The number of benzene rings is 2. The van der Waals surface area contributed by atoms with E-state index in [0.29, 0.717) is 6.04 Å². The lowest BCUT2D eigenvalue weighted by molar-refractivity contribution is 0.146. The van der Waals surface area contributed by atoms with Crippen molar-refractivity contribution in [3.63, 3.8) is 0 Å². The molecule has 2 N–H and O–H groups in total. The van der Waals surface area contributed by atoms with Crippen LogP contribution in [-0.4, -0.2) is 18.4 Å². The van der Waals surface area contributed by atoms with Gasteiger partial charge in [0, 0.05) is 11.1 Å². The molecule has 0 aromatic heterocycles. The van der Waals surface area contributed by atoms with Crippen molar-refractivity contribution in [1.82, 2.24) is 10.6 Å². The number of nitrogens with one attached hydrogen (secondary N) is 2. The summed E-state index contributed by atoms with van der Waals surface area (Å²) in [6, 6.07) is 19.1. The Morgan fingerprint density at radius 3 is 2.05 bits per heavy atom. The molecule has 39 heavy (non-hydrogen) atoms. The number of hydrogen-bond acceptors (Lipinski definition) is 2. The number of rotatable bonds is 10. The fraction of sp³-hybridized carbons (Fsp3) is 0.438. The van der Waals surface area contributed by atoms with Gasteiger partial charge in [-0.25, -0.2) is 4.39 Å². The van der Waals surface area contributed by atoms with Gasteiger partial charge in [-0.1, -0.05) is 101 Å². The molecule has 1 aliphatic rings. The van der Waals surface area contributed by atoms with Crippen LogP contribution in [0.2, 0.25) is 5.02 Å². The van der Waals surface area contributed by atoms with E-state index in [1.165, 1.54) is 53.0 Å². The van der Waals surface area contributed by atoms with Crippen LogP contribution in [0.3, 0.4) is 0 Å². The fourth-order valence-corrected chi connectivity index (χ4v) is 4.52. The summed E-state index contributed by atoms with van der Waals surface area (Å²) in [5.41, 5.74) is 0.0788. The highest BCUT2D eigenvalue weighted by Crippen LogP contribution is 2.32. The standard InChI is InChI=1S/C22H27ClN2.C5H8F3P.C5H10/c1-17(24-19-12-6-7-13-19)25-22(2,16-18-10-4-3-5-11-18)20-14-8-9-15-21(20)23;1-4(2-3-6)5(7,8)9;1-4-5(2)3/h3-5,8-11,14-15,19,24-25H,1,6-7,12-13,16H2,2H3;2H,3,9H2,1H3;2,4H2,1,3H3/b;4-2+;. The van der Waals surface area contributed by atoms with Crippen LogP contribution in [-0.2, 0) is 12.0 Å². The van der Waals surface area contributed by atoms with Crippen molar-refractivity contribution in [2.45, 2.75) is 83.5 Å². The van der Waals surface area contributed by atoms with Gasteiger partial charge in [0.2, 0.25) is 0 Å². The minimum atomic E-state index is -2.95. The molecule has 1 aliphatic carbocycles. The average molecular weight is 581 g/mol. The van der Waals surface area contributed by atoms with Crippen molar-refractivity contribution in [1.29, 1.82) is 0 Å². The topological polar surface area (TPSA) is 24.1 Å². The molecule has 0 heterocycles. The molecule has 7 heteroatoms. The summed E-state index contributed by atoms with van der Waals surface area (Å²) in [7, 11) is 1.34. The Hall–Kier alpha value is -2.23. The van der Waals surface area contributed by atoms with Crippen LogP contribution in [0.1, 0.15) is 70.9 Å². The lowest BCUT2D eigenvalue weighted by Gasteiger charge is -2.35. The molecular weight excluding hydrogens is 536 g/mol. The van der Waals surface area contributed by atoms with E-state index in [-0.39, 0.29) is 11.1 Å². The third kappa shape index (κ3) is 13.6. The summed E-state index contributed by atoms with van der Waals surface area (Å²) >= 11 is 6.54. The van der Waals surface area contributed by atoms with E-state index < -0.39 is 12.3 Å². The van der Waals surface area contributed by atoms with Crippen LogP contribution < -0.4 is 10.6 Å². The molecule has 2 aromatic carbocycles. The maximum atomic E-state index is 12.0. The molecule has 1 saturated carbocycles. The van der Waals surface area contributed by atoms with Crippen LogP contribution in [0.25, 0.3) is 0 Å². The number of alkyl halides is 3. The number of hydrogen-bond donors (Lipinski definition) is 2. The summed E-state index contributed by atoms with van der Waals surface area (Å²) in [4.78, 5) is 0. The highest BCUT2D eigenvalue weighted by atomic mass is 35.5. The first-order valence-electron chi connectivity index (χ1n) is 13.4. The molecule has 0 aliphatic heterocycles. The van der Waals surface area contributed by atoms with Gasteiger partial charge in [-0.3, -0.25) is 0 Å². The second-order valence-corrected chi connectivity index (χ2v) is 11.3. The SMILES string of the molecule is C/C(=C\CF)C(F)(F)P.C=C(C)CC.C=C(NC1CCCC1)NC(C)(Cc1ccccc1)c1ccccc1Cl. The molecule has 0 radical (unpaired) electrons. The van der Waals surface area contributed by atoms with E-state index in [2.05, 4.69) is 68.0 Å². The highest BCUT2D eigenvalue weighted by molar-refractivity contribution is 7.18. The zero-order valence-electron chi connectivity index (χ0n) is 23.8. The van der Waals surface area contributed by atoms with Crippen molar-refractivity contribution in [2.75, 3.05) is 6.67 Å². The smallest absolute Gasteiger partial charge is 0.279 e. The van der Waals surface area contributed by atoms with E-state index in [9.17, 15) is 13.2 Å². The van der Waals surface area contributed by atoms with Gasteiger partial charge in [0.1, 0.15) is 6.67 Å². The molecular formula is C32H45ClF3N2P. The third-order valence-corrected chi connectivity index (χ3v) is 7.33. The van der Waals surface area contributed by atoms with Gasteiger partial charge in [0.25, 0.3) is 5.66 Å². The van der Waals surface area contributed by atoms with Crippen molar-refractivity contribution in [3.8, 4) is 0 Å². The second kappa shape index (κ2) is 17.5. The van der Waals surface area contributed by atoms with Gasteiger partial charge < -0.3 is 10.6 Å². The van der Waals surface area contributed by atoms with Crippen LogP contribution in [0.4, 0.5) is 13.2 Å². The average Bonchev–Trinajstić information content (AvgIpc) is 3.38. The summed E-state index contributed by atoms with van der Waals surface area (Å²) in [6.07, 6.45) is 7.85. The highest BCUT2D eigenvalue weighted by Gasteiger charge is 2.30. The second-order valence-electron chi connectivity index (χ2n) is 10.2. The first-order valence-corrected chi connectivity index (χ1v) is 14.3. The molecule has 2 atom stereocenters. The monoisotopic (exact) mass is 580 g/mol. The van der Waals surface area contributed by atoms with Crippen LogP contribution in [0.5, 0.6) is 0 Å². The van der Waals surface area contributed by atoms with Crippen molar-refractivity contribution in [3.05, 3.63) is 107 Å². The molecule has 3 rings (SSSR count). The van der Waals surface area contributed by atoms with Crippen LogP contribution >= 0.6 is 20.8 Å². The Bertz CT molecular complexity index is 1050. The van der Waals surface area contributed by atoms with Gasteiger partial charge in [-0.2, -0.15) is 8.78 Å².